The third-order valence-corrected chi connectivity index (χ3v) is 5.04. The Morgan fingerprint density at radius 3 is 2.33 bits per heavy atom. The zero-order valence-corrected chi connectivity index (χ0v) is 17.0. The van der Waals surface area contributed by atoms with Gasteiger partial charge in [-0.1, -0.05) is 19.1 Å². The van der Waals surface area contributed by atoms with Crippen molar-refractivity contribution in [3.05, 3.63) is 59.7 Å². The molecule has 1 aliphatic rings. The molecule has 7 nitrogen and oxygen atoms in total. The van der Waals surface area contributed by atoms with Gasteiger partial charge in [-0.05, 0) is 55.3 Å². The highest BCUT2D eigenvalue weighted by atomic mass is 16.5. The average Bonchev–Trinajstić information content (AvgIpc) is 3.14. The van der Waals surface area contributed by atoms with Gasteiger partial charge in [-0.2, -0.15) is 0 Å². The SMILES string of the molecule is CCc1ccc(N2CC(C(=O)OCC(=O)Nc3ccc(C(C)=O)cc3)CC2=O)cc1. The van der Waals surface area contributed by atoms with Crippen molar-refractivity contribution in [2.75, 3.05) is 23.4 Å². The van der Waals surface area contributed by atoms with Crippen molar-refractivity contribution >= 4 is 34.9 Å². The van der Waals surface area contributed by atoms with E-state index < -0.39 is 24.4 Å². The van der Waals surface area contributed by atoms with E-state index in [9.17, 15) is 19.2 Å². The Bertz CT molecular complexity index is 951. The fourth-order valence-corrected chi connectivity index (χ4v) is 3.27. The van der Waals surface area contributed by atoms with Crippen LogP contribution in [-0.2, 0) is 25.5 Å². The molecule has 1 aliphatic heterocycles. The summed E-state index contributed by atoms with van der Waals surface area (Å²) < 4.78 is 5.11. The van der Waals surface area contributed by atoms with Crippen LogP contribution in [0.5, 0.6) is 0 Å². The first kappa shape index (κ1) is 21.2. The van der Waals surface area contributed by atoms with Crippen molar-refractivity contribution in [3.63, 3.8) is 0 Å². The molecule has 30 heavy (non-hydrogen) atoms. The van der Waals surface area contributed by atoms with Gasteiger partial charge in [0.1, 0.15) is 0 Å². The van der Waals surface area contributed by atoms with Crippen molar-refractivity contribution in [3.8, 4) is 0 Å². The Labute approximate surface area is 175 Å². The smallest absolute Gasteiger partial charge is 0.311 e. The number of benzene rings is 2. The molecule has 156 valence electrons. The molecule has 2 aromatic rings. The van der Waals surface area contributed by atoms with E-state index in [1.165, 1.54) is 12.5 Å². The lowest BCUT2D eigenvalue weighted by Gasteiger charge is -2.17. The number of anilines is 2. The minimum absolute atomic E-state index is 0.0580. The van der Waals surface area contributed by atoms with Crippen LogP contribution in [0.15, 0.2) is 48.5 Å². The topological polar surface area (TPSA) is 92.8 Å². The molecule has 1 N–H and O–H groups in total. The minimum atomic E-state index is -0.606. The van der Waals surface area contributed by atoms with Crippen molar-refractivity contribution in [1.29, 1.82) is 0 Å². The number of hydrogen-bond acceptors (Lipinski definition) is 5. The van der Waals surface area contributed by atoms with Crippen LogP contribution in [-0.4, -0.2) is 36.7 Å². The minimum Gasteiger partial charge on any atom is -0.455 e. The molecule has 7 heteroatoms. The maximum absolute atomic E-state index is 12.3. The van der Waals surface area contributed by atoms with Gasteiger partial charge in [0.15, 0.2) is 12.4 Å². The molecule has 1 heterocycles. The van der Waals surface area contributed by atoms with Crippen molar-refractivity contribution in [2.45, 2.75) is 26.7 Å². The lowest BCUT2D eigenvalue weighted by molar-refractivity contribution is -0.151. The molecule has 1 unspecified atom stereocenters. The van der Waals surface area contributed by atoms with Crippen LogP contribution in [0.3, 0.4) is 0 Å². The Kier molecular flexibility index (Phi) is 6.61. The largest absolute Gasteiger partial charge is 0.455 e. The second-order valence-electron chi connectivity index (χ2n) is 7.21. The molecule has 0 radical (unpaired) electrons. The fraction of sp³-hybridized carbons (Fsp3) is 0.304. The molecule has 2 aromatic carbocycles. The molecule has 3 rings (SSSR count). The van der Waals surface area contributed by atoms with Crippen molar-refractivity contribution < 1.29 is 23.9 Å². The first-order valence-electron chi connectivity index (χ1n) is 9.84. The number of esters is 1. The zero-order valence-electron chi connectivity index (χ0n) is 17.0. The van der Waals surface area contributed by atoms with Crippen molar-refractivity contribution in [1.82, 2.24) is 0 Å². The maximum atomic E-state index is 12.3. The first-order chi connectivity index (χ1) is 14.4. The number of rotatable bonds is 7. The molecule has 0 aliphatic carbocycles. The van der Waals surface area contributed by atoms with E-state index in [0.29, 0.717) is 11.3 Å². The van der Waals surface area contributed by atoms with E-state index in [0.717, 1.165) is 12.1 Å². The molecule has 2 amide bonds. The fourth-order valence-electron chi connectivity index (χ4n) is 3.27. The first-order valence-corrected chi connectivity index (χ1v) is 9.84. The molecule has 1 atom stereocenters. The Morgan fingerprint density at radius 1 is 1.07 bits per heavy atom. The zero-order chi connectivity index (χ0) is 21.7. The predicted molar refractivity (Wildman–Crippen MR) is 112 cm³/mol. The van der Waals surface area contributed by atoms with Crippen LogP contribution < -0.4 is 10.2 Å². The van der Waals surface area contributed by atoms with E-state index in [1.54, 1.807) is 29.2 Å². The molecule has 0 saturated carbocycles. The van der Waals surface area contributed by atoms with Gasteiger partial charge in [-0.15, -0.1) is 0 Å². The molecular formula is C23H24N2O5. The third-order valence-electron chi connectivity index (χ3n) is 5.04. The van der Waals surface area contributed by atoms with Crippen LogP contribution in [0.1, 0.15) is 36.2 Å². The number of carbonyl (C=O) groups is 4. The molecule has 1 fully saturated rings. The van der Waals surface area contributed by atoms with Crippen LogP contribution in [0.2, 0.25) is 0 Å². The number of hydrogen-bond donors (Lipinski definition) is 1. The molecule has 0 aromatic heterocycles. The van der Waals surface area contributed by atoms with Gasteiger partial charge in [-0.25, -0.2) is 0 Å². The average molecular weight is 408 g/mol. The Balaban J connectivity index is 1.50. The number of amides is 2. The summed E-state index contributed by atoms with van der Waals surface area (Å²) in [4.78, 5) is 49.5. The van der Waals surface area contributed by atoms with E-state index in [-0.39, 0.29) is 24.7 Å². The standard InChI is InChI=1S/C23H24N2O5/c1-3-16-4-10-20(11-5-16)25-13-18(12-22(25)28)23(29)30-14-21(27)24-19-8-6-17(7-9-19)15(2)26/h4-11,18H,3,12-14H2,1-2H3,(H,24,27). The Morgan fingerprint density at radius 2 is 1.73 bits per heavy atom. The van der Waals surface area contributed by atoms with Gasteiger partial charge in [0.2, 0.25) is 5.91 Å². The van der Waals surface area contributed by atoms with Gasteiger partial charge in [0.25, 0.3) is 5.91 Å². The van der Waals surface area contributed by atoms with E-state index in [1.807, 2.05) is 24.3 Å². The van der Waals surface area contributed by atoms with Gasteiger partial charge in [-0.3, -0.25) is 19.2 Å². The number of nitrogens with zero attached hydrogens (tertiary/aromatic N) is 1. The van der Waals surface area contributed by atoms with Gasteiger partial charge >= 0.3 is 5.97 Å². The number of aryl methyl sites for hydroxylation is 1. The highest BCUT2D eigenvalue weighted by Gasteiger charge is 2.36. The van der Waals surface area contributed by atoms with Gasteiger partial charge in [0.05, 0.1) is 5.92 Å². The lowest BCUT2D eigenvalue weighted by Crippen LogP contribution is -2.28. The lowest BCUT2D eigenvalue weighted by atomic mass is 10.1. The van der Waals surface area contributed by atoms with Crippen molar-refractivity contribution in [2.24, 2.45) is 5.92 Å². The van der Waals surface area contributed by atoms with E-state index in [4.69, 9.17) is 4.74 Å². The normalized spacial score (nSPS) is 15.7. The quantitative estimate of drug-likeness (QED) is 0.562. The summed E-state index contributed by atoms with van der Waals surface area (Å²) >= 11 is 0. The number of carbonyl (C=O) groups excluding carboxylic acids is 4. The summed E-state index contributed by atoms with van der Waals surface area (Å²) in [5.41, 5.74) is 2.96. The molecule has 0 spiro atoms. The highest BCUT2D eigenvalue weighted by molar-refractivity contribution is 6.00. The maximum Gasteiger partial charge on any atom is 0.311 e. The number of ketones is 1. The molecule has 0 bridgehead atoms. The van der Waals surface area contributed by atoms with Crippen LogP contribution >= 0.6 is 0 Å². The monoisotopic (exact) mass is 408 g/mol. The summed E-state index contributed by atoms with van der Waals surface area (Å²) in [7, 11) is 0. The number of ether oxygens (including phenoxy) is 1. The number of Topliss-reactive ketones (excluding diaryl/α,β-unsaturated/α-hetero) is 1. The summed E-state index contributed by atoms with van der Waals surface area (Å²) in [6.07, 6.45) is 0.967. The third kappa shape index (κ3) is 5.11. The second kappa shape index (κ2) is 9.35. The summed E-state index contributed by atoms with van der Waals surface area (Å²) in [5, 5.41) is 2.60. The molecular weight excluding hydrogens is 384 g/mol. The van der Waals surface area contributed by atoms with Gasteiger partial charge < -0.3 is 15.0 Å². The van der Waals surface area contributed by atoms with Crippen LogP contribution in [0.4, 0.5) is 11.4 Å². The summed E-state index contributed by atoms with van der Waals surface area (Å²) in [6, 6.07) is 14.1. The second-order valence-corrected chi connectivity index (χ2v) is 7.21. The highest BCUT2D eigenvalue weighted by Crippen LogP contribution is 2.26. The Hall–Kier alpha value is -3.48. The summed E-state index contributed by atoms with van der Waals surface area (Å²) in [5.74, 6) is -1.88. The van der Waals surface area contributed by atoms with Gasteiger partial charge in [0, 0.05) is 29.9 Å². The predicted octanol–water partition coefficient (Wildman–Crippen LogP) is 2.99. The van der Waals surface area contributed by atoms with Crippen LogP contribution in [0, 0.1) is 5.92 Å². The van der Waals surface area contributed by atoms with E-state index >= 15 is 0 Å². The summed E-state index contributed by atoms with van der Waals surface area (Å²) in [6.45, 7) is 3.31. The van der Waals surface area contributed by atoms with E-state index in [2.05, 4.69) is 12.2 Å². The van der Waals surface area contributed by atoms with Crippen LogP contribution in [0.25, 0.3) is 0 Å². The number of nitrogens with one attached hydrogen (secondary N) is 1. The molecule has 1 saturated heterocycles.